The average Bonchev–Trinajstić information content (AvgIpc) is 3.08. The number of methoxy groups -OCH3 is 1. The number of carboxylic acid groups (broad SMARTS) is 1. The molecule has 21 heavy (non-hydrogen) atoms. The molecule has 0 spiro atoms. The molecular formula is C16H17NO4. The van der Waals surface area contributed by atoms with E-state index in [2.05, 4.69) is 5.32 Å². The van der Waals surface area contributed by atoms with Crippen LogP contribution in [0.2, 0.25) is 0 Å². The van der Waals surface area contributed by atoms with Crippen LogP contribution in [0.4, 0.5) is 5.69 Å². The first-order valence-corrected chi connectivity index (χ1v) is 6.97. The van der Waals surface area contributed by atoms with Crippen molar-refractivity contribution in [2.75, 3.05) is 12.4 Å². The van der Waals surface area contributed by atoms with Crippen molar-refractivity contribution in [3.05, 3.63) is 36.4 Å². The van der Waals surface area contributed by atoms with Crippen molar-refractivity contribution < 1.29 is 19.4 Å². The van der Waals surface area contributed by atoms with Crippen LogP contribution in [0.3, 0.4) is 0 Å². The molecule has 0 saturated heterocycles. The average molecular weight is 287 g/mol. The van der Waals surface area contributed by atoms with E-state index < -0.39 is 17.8 Å². The number of nitrogens with one attached hydrogen (secondary N) is 1. The summed E-state index contributed by atoms with van der Waals surface area (Å²) in [5, 5.41) is 12.2. The number of allylic oxidation sites excluding steroid dienone is 2. The molecule has 5 nitrogen and oxygen atoms in total. The Morgan fingerprint density at radius 2 is 1.86 bits per heavy atom. The van der Waals surface area contributed by atoms with Crippen LogP contribution in [-0.4, -0.2) is 24.1 Å². The summed E-state index contributed by atoms with van der Waals surface area (Å²) in [6.45, 7) is 0. The van der Waals surface area contributed by atoms with E-state index in [1.807, 2.05) is 18.2 Å². The van der Waals surface area contributed by atoms with Crippen molar-refractivity contribution in [1.82, 2.24) is 0 Å². The summed E-state index contributed by atoms with van der Waals surface area (Å²) in [5.74, 6) is -1.73. The van der Waals surface area contributed by atoms with Gasteiger partial charge in [0.1, 0.15) is 5.75 Å². The number of carbonyl (C=O) groups excluding carboxylic acids is 1. The van der Waals surface area contributed by atoms with Crippen LogP contribution in [0.25, 0.3) is 0 Å². The highest BCUT2D eigenvalue weighted by atomic mass is 16.5. The molecule has 110 valence electrons. The van der Waals surface area contributed by atoms with Crippen molar-refractivity contribution in [2.24, 2.45) is 23.7 Å². The Labute approximate surface area is 122 Å². The number of hydrogen-bond acceptors (Lipinski definition) is 3. The highest BCUT2D eigenvalue weighted by Crippen LogP contribution is 2.48. The van der Waals surface area contributed by atoms with Gasteiger partial charge in [-0.05, 0) is 30.4 Å². The van der Waals surface area contributed by atoms with Crippen LogP contribution in [0.15, 0.2) is 36.4 Å². The molecule has 0 heterocycles. The van der Waals surface area contributed by atoms with E-state index in [0.717, 1.165) is 6.42 Å². The lowest BCUT2D eigenvalue weighted by Crippen LogP contribution is -2.36. The predicted molar refractivity (Wildman–Crippen MR) is 77.0 cm³/mol. The Morgan fingerprint density at radius 1 is 1.19 bits per heavy atom. The molecule has 1 aromatic carbocycles. The van der Waals surface area contributed by atoms with Crippen molar-refractivity contribution >= 4 is 17.6 Å². The van der Waals surface area contributed by atoms with Crippen LogP contribution in [0.1, 0.15) is 6.42 Å². The summed E-state index contributed by atoms with van der Waals surface area (Å²) in [7, 11) is 1.53. The zero-order chi connectivity index (χ0) is 15.0. The Kier molecular flexibility index (Phi) is 3.41. The molecule has 5 heteroatoms. The van der Waals surface area contributed by atoms with Crippen LogP contribution in [-0.2, 0) is 9.59 Å². The van der Waals surface area contributed by atoms with E-state index in [9.17, 15) is 14.7 Å². The largest absolute Gasteiger partial charge is 0.495 e. The third kappa shape index (κ3) is 2.28. The van der Waals surface area contributed by atoms with Crippen molar-refractivity contribution in [1.29, 1.82) is 0 Å². The number of carbonyl (C=O) groups is 2. The Morgan fingerprint density at radius 3 is 2.52 bits per heavy atom. The normalized spacial score (nSPS) is 29.4. The van der Waals surface area contributed by atoms with Gasteiger partial charge in [-0.15, -0.1) is 0 Å². The van der Waals surface area contributed by atoms with Crippen LogP contribution >= 0.6 is 0 Å². The second kappa shape index (κ2) is 5.24. The fourth-order valence-corrected chi connectivity index (χ4v) is 3.48. The van der Waals surface area contributed by atoms with E-state index >= 15 is 0 Å². The molecule has 0 aromatic heterocycles. The number of benzene rings is 1. The third-order valence-electron chi connectivity index (χ3n) is 4.41. The van der Waals surface area contributed by atoms with Gasteiger partial charge in [0, 0.05) is 0 Å². The van der Waals surface area contributed by atoms with Crippen LogP contribution in [0, 0.1) is 23.7 Å². The van der Waals surface area contributed by atoms with Gasteiger partial charge in [-0.2, -0.15) is 0 Å². The van der Waals surface area contributed by atoms with Gasteiger partial charge in [-0.3, -0.25) is 9.59 Å². The fraction of sp³-hybridized carbons (Fsp3) is 0.375. The topological polar surface area (TPSA) is 75.6 Å². The molecule has 2 N–H and O–H groups in total. The first-order chi connectivity index (χ1) is 10.1. The van der Waals surface area contributed by atoms with E-state index in [1.165, 1.54) is 7.11 Å². The number of aliphatic carboxylic acids is 1. The van der Waals surface area contributed by atoms with Gasteiger partial charge >= 0.3 is 5.97 Å². The summed E-state index contributed by atoms with van der Waals surface area (Å²) in [5.41, 5.74) is 0.570. The predicted octanol–water partition coefficient (Wildman–Crippen LogP) is 2.16. The van der Waals surface area contributed by atoms with Gasteiger partial charge in [0.2, 0.25) is 5.91 Å². The molecule has 2 aliphatic carbocycles. The highest BCUT2D eigenvalue weighted by Gasteiger charge is 2.51. The van der Waals surface area contributed by atoms with Crippen molar-refractivity contribution in [3.63, 3.8) is 0 Å². The van der Waals surface area contributed by atoms with E-state index in [-0.39, 0.29) is 17.7 Å². The molecule has 2 bridgehead atoms. The quantitative estimate of drug-likeness (QED) is 0.832. The third-order valence-corrected chi connectivity index (χ3v) is 4.41. The molecule has 3 rings (SSSR count). The minimum absolute atomic E-state index is 0.0193. The molecule has 0 radical (unpaired) electrons. The number of ether oxygens (including phenoxy) is 1. The number of hydrogen-bond donors (Lipinski definition) is 2. The molecule has 1 aromatic rings. The summed E-state index contributed by atoms with van der Waals surface area (Å²) >= 11 is 0. The standard InChI is InChI=1S/C16H17NO4/c1-21-12-5-3-2-4-11(12)17-15(18)13-9-6-7-10(8-9)14(13)16(19)20/h2-7,9-10,13-14H,8H2,1H3,(H,17,18)(H,19,20)/t9-,10+,13-,14-/m0/s1. The molecule has 1 saturated carbocycles. The molecule has 2 aliphatic rings. The second-order valence-electron chi connectivity index (χ2n) is 5.53. The molecule has 0 unspecified atom stereocenters. The van der Waals surface area contributed by atoms with Crippen LogP contribution in [0.5, 0.6) is 5.75 Å². The first kappa shape index (κ1) is 13.7. The SMILES string of the molecule is COc1ccccc1NC(=O)[C@@H]1[C@@H](C(=O)O)[C@@H]2C=C[C@H]1C2. The Balaban J connectivity index is 1.82. The Hall–Kier alpha value is -2.30. The zero-order valence-electron chi connectivity index (χ0n) is 11.7. The maximum Gasteiger partial charge on any atom is 0.307 e. The monoisotopic (exact) mass is 287 g/mol. The maximum absolute atomic E-state index is 12.5. The Bertz CT molecular complexity index is 610. The van der Waals surface area contributed by atoms with Crippen molar-refractivity contribution in [3.8, 4) is 5.75 Å². The molecule has 4 atom stereocenters. The van der Waals surface area contributed by atoms with E-state index in [4.69, 9.17) is 4.74 Å². The molecular weight excluding hydrogens is 270 g/mol. The van der Waals surface area contributed by atoms with Gasteiger partial charge in [0.05, 0.1) is 24.6 Å². The lowest BCUT2D eigenvalue weighted by Gasteiger charge is -2.24. The van der Waals surface area contributed by atoms with Gasteiger partial charge < -0.3 is 15.2 Å². The lowest BCUT2D eigenvalue weighted by atomic mass is 9.82. The lowest BCUT2D eigenvalue weighted by molar-refractivity contribution is -0.146. The summed E-state index contributed by atoms with van der Waals surface area (Å²) in [6.07, 6.45) is 4.65. The number of fused-ring (bicyclic) bond motifs is 2. The van der Waals surface area contributed by atoms with Gasteiger partial charge in [-0.25, -0.2) is 0 Å². The number of para-hydroxylation sites is 2. The minimum Gasteiger partial charge on any atom is -0.495 e. The van der Waals surface area contributed by atoms with Crippen LogP contribution < -0.4 is 10.1 Å². The highest BCUT2D eigenvalue weighted by molar-refractivity contribution is 5.97. The molecule has 1 amide bonds. The maximum atomic E-state index is 12.5. The summed E-state index contributed by atoms with van der Waals surface area (Å²) in [4.78, 5) is 24.0. The second-order valence-corrected chi connectivity index (χ2v) is 5.53. The summed E-state index contributed by atoms with van der Waals surface area (Å²) < 4.78 is 5.20. The number of rotatable bonds is 4. The zero-order valence-corrected chi connectivity index (χ0v) is 11.7. The van der Waals surface area contributed by atoms with Gasteiger partial charge in [-0.1, -0.05) is 24.3 Å². The summed E-state index contributed by atoms with van der Waals surface area (Å²) in [6, 6.07) is 7.11. The minimum atomic E-state index is -0.896. The van der Waals surface area contributed by atoms with E-state index in [1.54, 1.807) is 18.2 Å². The fourth-order valence-electron chi connectivity index (χ4n) is 3.48. The van der Waals surface area contributed by atoms with Gasteiger partial charge in [0.15, 0.2) is 0 Å². The number of amides is 1. The molecule has 0 aliphatic heterocycles. The number of anilines is 1. The first-order valence-electron chi connectivity index (χ1n) is 6.97. The smallest absolute Gasteiger partial charge is 0.307 e. The van der Waals surface area contributed by atoms with Crippen molar-refractivity contribution in [2.45, 2.75) is 6.42 Å². The van der Waals surface area contributed by atoms with Gasteiger partial charge in [0.25, 0.3) is 0 Å². The molecule has 1 fully saturated rings. The number of carboxylic acids is 1. The van der Waals surface area contributed by atoms with E-state index in [0.29, 0.717) is 11.4 Å².